The van der Waals surface area contributed by atoms with Gasteiger partial charge in [0, 0.05) is 50.1 Å². The molecule has 0 bridgehead atoms. The molecular formula is C17H20N6O2S. The molecule has 4 heterocycles. The van der Waals surface area contributed by atoms with Crippen molar-refractivity contribution < 1.29 is 9.59 Å². The summed E-state index contributed by atoms with van der Waals surface area (Å²) in [4.78, 5) is 32.1. The number of nitrogens with zero attached hydrogens (tertiary/aromatic N) is 5. The highest BCUT2D eigenvalue weighted by molar-refractivity contribution is 7.15. The average molecular weight is 372 g/mol. The van der Waals surface area contributed by atoms with Crippen LogP contribution >= 0.6 is 11.3 Å². The molecule has 3 aromatic heterocycles. The molecule has 26 heavy (non-hydrogen) atoms. The fourth-order valence-electron chi connectivity index (χ4n) is 3.53. The number of likely N-dealkylation sites (tertiary alicyclic amines) is 1. The van der Waals surface area contributed by atoms with E-state index in [1.165, 1.54) is 0 Å². The van der Waals surface area contributed by atoms with Gasteiger partial charge in [0.2, 0.25) is 11.8 Å². The molecule has 1 saturated heterocycles. The van der Waals surface area contributed by atoms with Gasteiger partial charge in [0.15, 0.2) is 4.96 Å². The highest BCUT2D eigenvalue weighted by Crippen LogP contribution is 2.35. The summed E-state index contributed by atoms with van der Waals surface area (Å²) in [5.41, 5.74) is 1.70. The minimum atomic E-state index is -0.300. The molecule has 1 aliphatic heterocycles. The predicted molar refractivity (Wildman–Crippen MR) is 96.4 cm³/mol. The van der Waals surface area contributed by atoms with E-state index < -0.39 is 0 Å². The van der Waals surface area contributed by atoms with Gasteiger partial charge in [-0.2, -0.15) is 5.10 Å². The first-order valence-electron chi connectivity index (χ1n) is 8.46. The van der Waals surface area contributed by atoms with Crippen LogP contribution in [0.2, 0.25) is 0 Å². The third-order valence-electron chi connectivity index (χ3n) is 4.85. The number of aryl methyl sites for hydroxylation is 1. The summed E-state index contributed by atoms with van der Waals surface area (Å²) in [6.45, 7) is 0.376. The first kappa shape index (κ1) is 16.8. The molecular weight excluding hydrogens is 352 g/mol. The van der Waals surface area contributed by atoms with Gasteiger partial charge >= 0.3 is 0 Å². The standard InChI is InChI=1S/C17H20N6O2S/c1-21-9-11(7-19-21)15-13(3-4-14(24)22(15)2)16(25)18-8-12-10-23-5-6-26-17(23)20-12/h5-7,9-10,13,15H,3-4,8H2,1-2H3,(H,18,25). The van der Waals surface area contributed by atoms with Crippen molar-refractivity contribution in [2.45, 2.75) is 25.4 Å². The highest BCUT2D eigenvalue weighted by Gasteiger charge is 2.39. The molecule has 1 fully saturated rings. The van der Waals surface area contributed by atoms with Crippen LogP contribution in [-0.4, -0.2) is 42.9 Å². The molecule has 1 N–H and O–H groups in total. The molecule has 2 atom stereocenters. The third kappa shape index (κ3) is 2.98. The van der Waals surface area contributed by atoms with Crippen molar-refractivity contribution >= 4 is 28.1 Å². The van der Waals surface area contributed by atoms with Gasteiger partial charge in [-0.25, -0.2) is 4.98 Å². The fraction of sp³-hybridized carbons (Fsp3) is 0.412. The van der Waals surface area contributed by atoms with Crippen LogP contribution in [0.1, 0.15) is 30.1 Å². The van der Waals surface area contributed by atoms with E-state index >= 15 is 0 Å². The Hall–Kier alpha value is -2.68. The summed E-state index contributed by atoms with van der Waals surface area (Å²) < 4.78 is 3.63. The summed E-state index contributed by atoms with van der Waals surface area (Å²) in [5, 5.41) is 9.15. The van der Waals surface area contributed by atoms with Crippen LogP contribution in [0, 0.1) is 5.92 Å². The van der Waals surface area contributed by atoms with Crippen molar-refractivity contribution in [1.29, 1.82) is 0 Å². The zero-order valence-electron chi connectivity index (χ0n) is 14.6. The van der Waals surface area contributed by atoms with Crippen LogP contribution in [-0.2, 0) is 23.2 Å². The van der Waals surface area contributed by atoms with Crippen molar-refractivity contribution in [3.8, 4) is 0 Å². The number of carbonyl (C=O) groups is 2. The largest absolute Gasteiger partial charge is 0.350 e. The number of carbonyl (C=O) groups excluding carboxylic acids is 2. The van der Waals surface area contributed by atoms with Gasteiger partial charge in [0.1, 0.15) is 0 Å². The van der Waals surface area contributed by atoms with E-state index in [-0.39, 0.29) is 23.8 Å². The number of amides is 2. The number of rotatable bonds is 4. The quantitative estimate of drug-likeness (QED) is 0.749. The van der Waals surface area contributed by atoms with Gasteiger partial charge in [-0.05, 0) is 6.42 Å². The number of nitrogens with one attached hydrogen (secondary N) is 1. The van der Waals surface area contributed by atoms with E-state index in [1.807, 2.05) is 35.4 Å². The number of piperidine rings is 1. The van der Waals surface area contributed by atoms with Gasteiger partial charge in [0.05, 0.1) is 30.4 Å². The lowest BCUT2D eigenvalue weighted by Crippen LogP contribution is -2.46. The summed E-state index contributed by atoms with van der Waals surface area (Å²) in [7, 11) is 3.58. The normalized spacial score (nSPS) is 20.7. The van der Waals surface area contributed by atoms with Crippen LogP contribution < -0.4 is 5.32 Å². The SMILES string of the molecule is CN1C(=O)CCC(C(=O)NCc2cn3ccsc3n2)C1c1cnn(C)c1. The maximum absolute atomic E-state index is 12.9. The number of aromatic nitrogens is 4. The Balaban J connectivity index is 1.50. The van der Waals surface area contributed by atoms with Gasteiger partial charge in [0.25, 0.3) is 0 Å². The molecule has 2 amide bonds. The number of imidazole rings is 1. The zero-order chi connectivity index (χ0) is 18.3. The first-order chi connectivity index (χ1) is 12.5. The Morgan fingerprint density at radius 2 is 2.23 bits per heavy atom. The molecule has 2 unspecified atom stereocenters. The summed E-state index contributed by atoms with van der Waals surface area (Å²) >= 11 is 1.56. The molecule has 8 nitrogen and oxygen atoms in total. The Morgan fingerprint density at radius 3 is 2.96 bits per heavy atom. The van der Waals surface area contributed by atoms with E-state index in [9.17, 15) is 9.59 Å². The van der Waals surface area contributed by atoms with E-state index in [0.717, 1.165) is 16.2 Å². The van der Waals surface area contributed by atoms with Crippen molar-refractivity contribution in [2.24, 2.45) is 13.0 Å². The predicted octanol–water partition coefficient (Wildman–Crippen LogP) is 1.36. The second-order valence-electron chi connectivity index (χ2n) is 6.58. The van der Waals surface area contributed by atoms with E-state index in [0.29, 0.717) is 19.4 Å². The van der Waals surface area contributed by atoms with Crippen molar-refractivity contribution in [3.05, 3.63) is 41.4 Å². The summed E-state index contributed by atoms with van der Waals surface area (Å²) in [5.74, 6) is -0.308. The second-order valence-corrected chi connectivity index (χ2v) is 7.46. The number of hydrogen-bond acceptors (Lipinski definition) is 5. The van der Waals surface area contributed by atoms with Crippen LogP contribution in [0.3, 0.4) is 0 Å². The molecule has 9 heteroatoms. The Morgan fingerprint density at radius 1 is 1.38 bits per heavy atom. The van der Waals surface area contributed by atoms with Crippen molar-refractivity contribution in [2.75, 3.05) is 7.05 Å². The van der Waals surface area contributed by atoms with Crippen molar-refractivity contribution in [3.63, 3.8) is 0 Å². The van der Waals surface area contributed by atoms with Crippen molar-refractivity contribution in [1.82, 2.24) is 29.4 Å². The molecule has 0 aliphatic carbocycles. The molecule has 4 rings (SSSR count). The zero-order valence-corrected chi connectivity index (χ0v) is 15.4. The summed E-state index contributed by atoms with van der Waals surface area (Å²) in [6, 6.07) is -0.296. The Labute approximate surface area is 154 Å². The monoisotopic (exact) mass is 372 g/mol. The topological polar surface area (TPSA) is 84.5 Å². The molecule has 0 spiro atoms. The lowest BCUT2D eigenvalue weighted by molar-refractivity contribution is -0.141. The van der Waals surface area contributed by atoms with E-state index in [4.69, 9.17) is 0 Å². The Bertz CT molecular complexity index is 929. The second kappa shape index (κ2) is 6.56. The molecule has 3 aromatic rings. The fourth-order valence-corrected chi connectivity index (χ4v) is 4.25. The number of thiazole rings is 1. The first-order valence-corrected chi connectivity index (χ1v) is 9.34. The van der Waals surface area contributed by atoms with Gasteiger partial charge in [-0.1, -0.05) is 0 Å². The maximum Gasteiger partial charge on any atom is 0.225 e. The van der Waals surface area contributed by atoms with Gasteiger partial charge in [-0.15, -0.1) is 11.3 Å². The molecule has 0 aromatic carbocycles. The highest BCUT2D eigenvalue weighted by atomic mass is 32.1. The lowest BCUT2D eigenvalue weighted by Gasteiger charge is -2.37. The molecule has 0 radical (unpaired) electrons. The number of fused-ring (bicyclic) bond motifs is 1. The van der Waals surface area contributed by atoms with Crippen LogP contribution in [0.25, 0.3) is 4.96 Å². The van der Waals surface area contributed by atoms with E-state index in [1.54, 1.807) is 34.2 Å². The van der Waals surface area contributed by atoms with Gasteiger partial charge < -0.3 is 10.2 Å². The van der Waals surface area contributed by atoms with Crippen LogP contribution in [0.4, 0.5) is 0 Å². The third-order valence-corrected chi connectivity index (χ3v) is 5.62. The van der Waals surface area contributed by atoms with Crippen LogP contribution in [0.5, 0.6) is 0 Å². The minimum absolute atomic E-state index is 0.0530. The van der Waals surface area contributed by atoms with Crippen LogP contribution in [0.15, 0.2) is 30.2 Å². The summed E-state index contributed by atoms with van der Waals surface area (Å²) in [6.07, 6.45) is 8.37. The number of hydrogen-bond donors (Lipinski definition) is 1. The smallest absolute Gasteiger partial charge is 0.225 e. The Kier molecular flexibility index (Phi) is 4.23. The molecule has 136 valence electrons. The lowest BCUT2D eigenvalue weighted by atomic mass is 9.85. The molecule has 0 saturated carbocycles. The average Bonchev–Trinajstić information content (AvgIpc) is 3.31. The maximum atomic E-state index is 12.9. The van der Waals surface area contributed by atoms with Gasteiger partial charge in [-0.3, -0.25) is 18.7 Å². The van der Waals surface area contributed by atoms with E-state index in [2.05, 4.69) is 15.4 Å². The minimum Gasteiger partial charge on any atom is -0.350 e. The molecule has 1 aliphatic rings.